The summed E-state index contributed by atoms with van der Waals surface area (Å²) in [5, 5.41) is 4.24. The second kappa shape index (κ2) is 7.53. The number of primary amides is 1. The molecular weight excluding hydrogens is 294 g/mol. The third-order valence-corrected chi connectivity index (χ3v) is 3.52. The molecule has 0 aliphatic carbocycles. The van der Waals surface area contributed by atoms with Gasteiger partial charge < -0.3 is 10.6 Å². The summed E-state index contributed by atoms with van der Waals surface area (Å²) in [6, 6.07) is 5.48. The van der Waals surface area contributed by atoms with Gasteiger partial charge in [0.15, 0.2) is 5.82 Å². The van der Waals surface area contributed by atoms with Crippen LogP contribution in [0.4, 0.5) is 0 Å². The number of hydrogen-bond acceptors (Lipinski definition) is 4. The predicted octanol–water partition coefficient (Wildman–Crippen LogP) is 1.30. The number of rotatable bonds is 7. The van der Waals surface area contributed by atoms with Crippen LogP contribution in [0.25, 0.3) is 5.82 Å². The lowest BCUT2D eigenvalue weighted by Gasteiger charge is -2.20. The van der Waals surface area contributed by atoms with E-state index in [4.69, 9.17) is 5.73 Å². The molecule has 0 bridgehead atoms. The van der Waals surface area contributed by atoms with Crippen molar-refractivity contribution in [2.75, 3.05) is 13.1 Å². The summed E-state index contributed by atoms with van der Waals surface area (Å²) in [4.78, 5) is 29.6. The number of unbranched alkanes of at least 4 members (excludes halogenated alkanes) is 1. The molecule has 122 valence electrons. The summed E-state index contributed by atoms with van der Waals surface area (Å²) in [6.07, 6.45) is 4.91. The van der Waals surface area contributed by atoms with Gasteiger partial charge in [0.25, 0.3) is 5.91 Å². The molecule has 7 nitrogen and oxygen atoms in total. The van der Waals surface area contributed by atoms with Gasteiger partial charge in [-0.15, -0.1) is 0 Å². The summed E-state index contributed by atoms with van der Waals surface area (Å²) in [6.45, 7) is 4.23. The van der Waals surface area contributed by atoms with Crippen molar-refractivity contribution in [2.24, 2.45) is 5.73 Å². The molecular formula is C16H21N5O2. The van der Waals surface area contributed by atoms with E-state index in [1.165, 1.54) is 11.1 Å². The van der Waals surface area contributed by atoms with E-state index in [1.54, 1.807) is 17.8 Å². The van der Waals surface area contributed by atoms with Crippen molar-refractivity contribution in [1.82, 2.24) is 19.7 Å². The number of pyridine rings is 1. The van der Waals surface area contributed by atoms with Crippen molar-refractivity contribution in [3.63, 3.8) is 0 Å². The first kappa shape index (κ1) is 16.7. The molecule has 0 spiro atoms. The van der Waals surface area contributed by atoms with Crippen LogP contribution in [0.5, 0.6) is 0 Å². The minimum absolute atomic E-state index is 0.0902. The monoisotopic (exact) mass is 315 g/mol. The fraction of sp³-hybridized carbons (Fsp3) is 0.375. The maximum Gasteiger partial charge on any atom is 0.257 e. The molecule has 0 saturated carbocycles. The number of hydrogen-bond donors (Lipinski definition) is 1. The molecule has 0 aromatic carbocycles. The van der Waals surface area contributed by atoms with Crippen LogP contribution in [-0.4, -0.2) is 44.6 Å². The Labute approximate surface area is 135 Å². The summed E-state index contributed by atoms with van der Waals surface area (Å²) < 4.78 is 1.61. The molecule has 2 heterocycles. The van der Waals surface area contributed by atoms with Crippen LogP contribution in [-0.2, 0) is 4.79 Å². The molecule has 0 radical (unpaired) electrons. The van der Waals surface area contributed by atoms with Crippen LogP contribution in [0.3, 0.4) is 0 Å². The van der Waals surface area contributed by atoms with Gasteiger partial charge >= 0.3 is 0 Å². The fourth-order valence-electron chi connectivity index (χ4n) is 2.29. The van der Waals surface area contributed by atoms with Gasteiger partial charge in [-0.2, -0.15) is 5.10 Å². The second-order valence-corrected chi connectivity index (χ2v) is 5.29. The van der Waals surface area contributed by atoms with Crippen molar-refractivity contribution in [3.05, 3.63) is 41.9 Å². The molecule has 0 atom stereocenters. The third kappa shape index (κ3) is 3.94. The normalized spacial score (nSPS) is 10.5. The molecule has 2 N–H and O–H groups in total. The molecule has 0 saturated heterocycles. The van der Waals surface area contributed by atoms with Crippen LogP contribution in [0.1, 0.15) is 35.8 Å². The highest BCUT2D eigenvalue weighted by Crippen LogP contribution is 2.14. The van der Waals surface area contributed by atoms with Gasteiger partial charge in [-0.3, -0.25) is 9.59 Å². The van der Waals surface area contributed by atoms with E-state index in [2.05, 4.69) is 10.1 Å². The smallest absolute Gasteiger partial charge is 0.257 e. The lowest BCUT2D eigenvalue weighted by Crippen LogP contribution is -2.39. The number of nitrogens with zero attached hydrogens (tertiary/aromatic N) is 4. The Hall–Kier alpha value is -2.70. The van der Waals surface area contributed by atoms with Crippen LogP contribution in [0, 0.1) is 6.92 Å². The maximum absolute atomic E-state index is 12.7. The molecule has 2 rings (SSSR count). The number of amides is 2. The Kier molecular flexibility index (Phi) is 5.46. The summed E-state index contributed by atoms with van der Waals surface area (Å²) in [7, 11) is 0. The highest BCUT2D eigenvalue weighted by Gasteiger charge is 2.22. The van der Waals surface area contributed by atoms with Crippen LogP contribution in [0.2, 0.25) is 0 Å². The van der Waals surface area contributed by atoms with Crippen molar-refractivity contribution in [1.29, 1.82) is 0 Å². The first-order valence-electron chi connectivity index (χ1n) is 7.58. The van der Waals surface area contributed by atoms with E-state index < -0.39 is 5.91 Å². The molecule has 0 fully saturated rings. The zero-order valence-electron chi connectivity index (χ0n) is 13.4. The van der Waals surface area contributed by atoms with E-state index in [-0.39, 0.29) is 12.5 Å². The fourth-order valence-corrected chi connectivity index (χ4v) is 2.29. The zero-order valence-corrected chi connectivity index (χ0v) is 13.4. The van der Waals surface area contributed by atoms with E-state index in [1.807, 2.05) is 25.1 Å². The van der Waals surface area contributed by atoms with Crippen LogP contribution < -0.4 is 5.73 Å². The van der Waals surface area contributed by atoms with E-state index in [0.29, 0.717) is 23.6 Å². The average molecular weight is 315 g/mol. The third-order valence-electron chi connectivity index (χ3n) is 3.52. The Bertz CT molecular complexity index is 681. The molecule has 0 aliphatic heterocycles. The SMILES string of the molecule is CCCCN(CC(N)=O)C(=O)c1cnn(-c2ccccn2)c1C. The minimum atomic E-state index is -0.524. The lowest BCUT2D eigenvalue weighted by molar-refractivity contribution is -0.118. The summed E-state index contributed by atoms with van der Waals surface area (Å²) in [5.41, 5.74) is 6.38. The maximum atomic E-state index is 12.7. The molecule has 2 aromatic heterocycles. The van der Waals surface area contributed by atoms with E-state index in [0.717, 1.165) is 12.8 Å². The lowest BCUT2D eigenvalue weighted by atomic mass is 10.2. The molecule has 0 unspecified atom stereocenters. The van der Waals surface area contributed by atoms with Crippen molar-refractivity contribution in [2.45, 2.75) is 26.7 Å². The molecule has 0 aliphatic rings. The van der Waals surface area contributed by atoms with Gasteiger partial charge in [-0.05, 0) is 25.5 Å². The van der Waals surface area contributed by atoms with Crippen molar-refractivity contribution in [3.8, 4) is 5.82 Å². The predicted molar refractivity (Wildman–Crippen MR) is 86.1 cm³/mol. The topological polar surface area (TPSA) is 94.1 Å². The van der Waals surface area contributed by atoms with Gasteiger partial charge in [0.1, 0.15) is 0 Å². The van der Waals surface area contributed by atoms with Crippen molar-refractivity contribution < 1.29 is 9.59 Å². The Morgan fingerprint density at radius 1 is 1.35 bits per heavy atom. The summed E-state index contributed by atoms with van der Waals surface area (Å²) >= 11 is 0. The Balaban J connectivity index is 2.27. The first-order chi connectivity index (χ1) is 11.0. The number of carbonyl (C=O) groups excluding carboxylic acids is 2. The minimum Gasteiger partial charge on any atom is -0.368 e. The van der Waals surface area contributed by atoms with Crippen LogP contribution in [0.15, 0.2) is 30.6 Å². The Morgan fingerprint density at radius 2 is 2.13 bits per heavy atom. The standard InChI is InChI=1S/C16H21N5O2/c1-3-4-9-20(11-14(17)22)16(23)13-10-19-21(12(13)2)15-7-5-6-8-18-15/h5-8,10H,3-4,9,11H2,1-2H3,(H2,17,22). The average Bonchev–Trinajstić information content (AvgIpc) is 2.93. The van der Waals surface area contributed by atoms with Crippen LogP contribution >= 0.6 is 0 Å². The van der Waals surface area contributed by atoms with Gasteiger partial charge in [0.05, 0.1) is 24.0 Å². The number of nitrogens with two attached hydrogens (primary N) is 1. The zero-order chi connectivity index (χ0) is 16.8. The largest absolute Gasteiger partial charge is 0.368 e. The number of carbonyl (C=O) groups is 2. The molecule has 7 heteroatoms. The van der Waals surface area contributed by atoms with Gasteiger partial charge in [-0.1, -0.05) is 19.4 Å². The van der Waals surface area contributed by atoms with Gasteiger partial charge in [-0.25, -0.2) is 9.67 Å². The second-order valence-electron chi connectivity index (χ2n) is 5.29. The Morgan fingerprint density at radius 3 is 2.74 bits per heavy atom. The van der Waals surface area contributed by atoms with Gasteiger partial charge in [0.2, 0.25) is 5.91 Å². The van der Waals surface area contributed by atoms with E-state index in [9.17, 15) is 9.59 Å². The first-order valence-corrected chi connectivity index (χ1v) is 7.58. The molecule has 2 aromatic rings. The quantitative estimate of drug-likeness (QED) is 0.833. The van der Waals surface area contributed by atoms with Gasteiger partial charge in [0, 0.05) is 12.7 Å². The molecule has 2 amide bonds. The highest BCUT2D eigenvalue weighted by molar-refractivity contribution is 5.97. The van der Waals surface area contributed by atoms with E-state index >= 15 is 0 Å². The van der Waals surface area contributed by atoms with Crippen molar-refractivity contribution >= 4 is 11.8 Å². The summed E-state index contributed by atoms with van der Waals surface area (Å²) in [5.74, 6) is -0.125. The highest BCUT2D eigenvalue weighted by atomic mass is 16.2. The molecule has 23 heavy (non-hydrogen) atoms. The number of aromatic nitrogens is 3.